The second kappa shape index (κ2) is 7.44. The number of rotatable bonds is 6. The van der Waals surface area contributed by atoms with E-state index in [4.69, 9.17) is 0 Å². The fourth-order valence-corrected chi connectivity index (χ4v) is 2.59. The second-order valence-electron chi connectivity index (χ2n) is 7.38. The molecule has 0 aliphatic rings. The lowest BCUT2D eigenvalue weighted by Crippen LogP contribution is -2.22. The molecule has 1 aromatic heterocycles. The molecule has 1 heterocycles. The Bertz CT molecular complexity index is 869. The second-order valence-corrected chi connectivity index (χ2v) is 9.57. The largest absolute Gasteiger partial charge is 0.342 e. The molecule has 0 atom stereocenters. The molecule has 0 fully saturated rings. The van der Waals surface area contributed by atoms with Crippen LogP contribution in [0.3, 0.4) is 0 Å². The highest BCUT2D eigenvalue weighted by molar-refractivity contribution is 7.94. The van der Waals surface area contributed by atoms with Crippen molar-refractivity contribution in [1.29, 1.82) is 0 Å². The summed E-state index contributed by atoms with van der Waals surface area (Å²) < 4.78 is 25.2. The number of aromatic nitrogens is 1. The van der Waals surface area contributed by atoms with Gasteiger partial charge in [-0.25, -0.2) is 8.42 Å². The number of allylic oxidation sites excluding steroid dienone is 7. The molecule has 0 radical (unpaired) electrons. The maximum Gasteiger partial charge on any atom is 0.171 e. The molecule has 0 saturated heterocycles. The number of hydrogen-bond acceptors (Lipinski definition) is 2. The average molecular weight is 360 g/mol. The van der Waals surface area contributed by atoms with E-state index in [0.717, 1.165) is 11.3 Å². The Labute approximate surface area is 152 Å². The van der Waals surface area contributed by atoms with E-state index in [1.807, 2.05) is 12.2 Å². The van der Waals surface area contributed by atoms with Crippen LogP contribution in [0, 0.1) is 6.92 Å². The predicted octanol–water partition coefficient (Wildman–Crippen LogP) is 5.18. The average Bonchev–Trinajstić information content (AvgIpc) is 2.85. The van der Waals surface area contributed by atoms with E-state index >= 15 is 0 Å². The smallest absolute Gasteiger partial charge is 0.171 e. The zero-order valence-electron chi connectivity index (χ0n) is 16.2. The van der Waals surface area contributed by atoms with Crippen LogP contribution in [-0.4, -0.2) is 19.2 Å². The molecule has 1 rings (SSSR count). The maximum absolute atomic E-state index is 11.5. The van der Waals surface area contributed by atoms with Crippen LogP contribution < -0.4 is 0 Å². The van der Waals surface area contributed by atoms with E-state index in [9.17, 15) is 8.42 Å². The summed E-state index contributed by atoms with van der Waals surface area (Å²) in [6.45, 7) is 22.1. The Morgan fingerprint density at radius 2 is 1.68 bits per heavy atom. The van der Waals surface area contributed by atoms with Gasteiger partial charge in [-0.3, -0.25) is 0 Å². The van der Waals surface area contributed by atoms with Crippen molar-refractivity contribution >= 4 is 15.4 Å². The van der Waals surface area contributed by atoms with E-state index in [2.05, 4.69) is 64.3 Å². The Balaban J connectivity index is 3.02. The lowest BCUT2D eigenvalue weighted by Gasteiger charge is -2.24. The zero-order chi connectivity index (χ0) is 19.6. The van der Waals surface area contributed by atoms with Gasteiger partial charge in [0, 0.05) is 28.6 Å². The van der Waals surface area contributed by atoms with Gasteiger partial charge in [0.2, 0.25) is 0 Å². The topological polar surface area (TPSA) is 39.1 Å². The highest BCUT2D eigenvalue weighted by Gasteiger charge is 2.17. The molecule has 0 amide bonds. The first-order valence-corrected chi connectivity index (χ1v) is 9.96. The molecule has 25 heavy (non-hydrogen) atoms. The van der Waals surface area contributed by atoms with Crippen LogP contribution in [-0.2, 0) is 15.4 Å². The Morgan fingerprint density at radius 1 is 1.12 bits per heavy atom. The Morgan fingerprint density at radius 3 is 2.16 bits per heavy atom. The van der Waals surface area contributed by atoms with E-state index in [1.54, 1.807) is 6.92 Å². The maximum atomic E-state index is 11.5. The van der Waals surface area contributed by atoms with Gasteiger partial charge < -0.3 is 4.57 Å². The summed E-state index contributed by atoms with van der Waals surface area (Å²) in [4.78, 5) is 0.267. The van der Waals surface area contributed by atoms with Crippen molar-refractivity contribution in [3.05, 3.63) is 77.5 Å². The minimum Gasteiger partial charge on any atom is -0.342 e. The van der Waals surface area contributed by atoms with Gasteiger partial charge in [0.25, 0.3) is 0 Å². The molecule has 0 N–H and O–H groups in total. The lowest BCUT2D eigenvalue weighted by molar-refractivity contribution is 0.395. The fourth-order valence-electron chi connectivity index (χ4n) is 2.24. The van der Waals surface area contributed by atoms with Crippen molar-refractivity contribution < 1.29 is 8.42 Å². The van der Waals surface area contributed by atoms with Gasteiger partial charge in [-0.1, -0.05) is 31.9 Å². The van der Waals surface area contributed by atoms with Crippen LogP contribution in [0.15, 0.2) is 66.3 Å². The SMILES string of the molecule is C=C(C=CC(=C)c1cc(C)cn1C(C)(C)C)C(=C)C=C(C)S(C)(=O)=O. The summed E-state index contributed by atoms with van der Waals surface area (Å²) in [5.74, 6) is 0. The zero-order valence-corrected chi connectivity index (χ0v) is 17.0. The van der Waals surface area contributed by atoms with Gasteiger partial charge in [-0.05, 0) is 69.0 Å². The molecule has 0 saturated carbocycles. The van der Waals surface area contributed by atoms with Crippen molar-refractivity contribution in [2.45, 2.75) is 40.2 Å². The minimum absolute atomic E-state index is 0.0453. The van der Waals surface area contributed by atoms with Crippen molar-refractivity contribution in [3.8, 4) is 0 Å². The first-order valence-electron chi connectivity index (χ1n) is 8.07. The molecular formula is C21H29NO2S. The lowest BCUT2D eigenvalue weighted by atomic mass is 10.0. The quantitative estimate of drug-likeness (QED) is 0.656. The monoisotopic (exact) mass is 359 g/mol. The van der Waals surface area contributed by atoms with Crippen LogP contribution in [0.4, 0.5) is 0 Å². The van der Waals surface area contributed by atoms with Crippen LogP contribution in [0.25, 0.3) is 5.57 Å². The molecular weight excluding hydrogens is 330 g/mol. The third kappa shape index (κ3) is 5.75. The fraction of sp³-hybridized carbons (Fsp3) is 0.333. The molecule has 0 aromatic carbocycles. The Kier molecular flexibility index (Phi) is 6.24. The summed E-state index contributed by atoms with van der Waals surface area (Å²) >= 11 is 0. The molecule has 0 bridgehead atoms. The van der Waals surface area contributed by atoms with Crippen molar-refractivity contribution in [2.24, 2.45) is 0 Å². The molecule has 0 aliphatic heterocycles. The van der Waals surface area contributed by atoms with E-state index in [0.29, 0.717) is 11.1 Å². The summed E-state index contributed by atoms with van der Waals surface area (Å²) in [6, 6.07) is 2.10. The van der Waals surface area contributed by atoms with E-state index in [-0.39, 0.29) is 10.4 Å². The van der Waals surface area contributed by atoms with Gasteiger partial charge >= 0.3 is 0 Å². The summed E-state index contributed by atoms with van der Waals surface area (Å²) in [6.07, 6.45) is 8.52. The number of hydrogen-bond donors (Lipinski definition) is 0. The molecule has 1 aromatic rings. The third-order valence-electron chi connectivity index (χ3n) is 3.87. The van der Waals surface area contributed by atoms with E-state index in [1.165, 1.54) is 17.9 Å². The highest BCUT2D eigenvalue weighted by atomic mass is 32.2. The van der Waals surface area contributed by atoms with Gasteiger partial charge in [0.15, 0.2) is 9.84 Å². The number of nitrogens with zero attached hydrogens (tertiary/aromatic N) is 1. The molecule has 3 nitrogen and oxygen atoms in total. The van der Waals surface area contributed by atoms with E-state index < -0.39 is 9.84 Å². The van der Waals surface area contributed by atoms with Gasteiger partial charge in [0.05, 0.1) is 0 Å². The van der Waals surface area contributed by atoms with Crippen molar-refractivity contribution in [2.75, 3.05) is 6.26 Å². The van der Waals surface area contributed by atoms with Gasteiger partial charge in [-0.15, -0.1) is 0 Å². The van der Waals surface area contributed by atoms with Crippen molar-refractivity contribution in [1.82, 2.24) is 4.57 Å². The summed E-state index contributed by atoms with van der Waals surface area (Å²) in [7, 11) is -3.21. The van der Waals surface area contributed by atoms with Crippen LogP contribution in [0.1, 0.15) is 39.0 Å². The number of aryl methyl sites for hydroxylation is 1. The predicted molar refractivity (Wildman–Crippen MR) is 109 cm³/mol. The number of sulfone groups is 1. The van der Waals surface area contributed by atoms with Gasteiger partial charge in [-0.2, -0.15) is 0 Å². The van der Waals surface area contributed by atoms with Gasteiger partial charge in [0.1, 0.15) is 0 Å². The molecule has 0 unspecified atom stereocenters. The van der Waals surface area contributed by atoms with Crippen LogP contribution in [0.5, 0.6) is 0 Å². The Hall–Kier alpha value is -2.07. The molecule has 0 aliphatic carbocycles. The highest BCUT2D eigenvalue weighted by Crippen LogP contribution is 2.26. The minimum atomic E-state index is -3.21. The molecule has 136 valence electrons. The van der Waals surface area contributed by atoms with Crippen LogP contribution >= 0.6 is 0 Å². The standard InChI is InChI=1S/C21H29NO2S/c1-15-12-20(22(14-15)21(6,7)8)17(3)11-10-16(2)18(4)13-19(5)25(9,23)24/h10-14H,2-4H2,1,5-9H3. The van der Waals surface area contributed by atoms with Crippen molar-refractivity contribution in [3.63, 3.8) is 0 Å². The molecule has 4 heteroatoms. The first-order chi connectivity index (χ1) is 11.2. The van der Waals surface area contributed by atoms with Crippen LogP contribution in [0.2, 0.25) is 0 Å². The third-order valence-corrected chi connectivity index (χ3v) is 5.16. The molecule has 0 spiro atoms. The summed E-state index contributed by atoms with van der Waals surface area (Å²) in [5, 5.41) is 0. The normalized spacial score (nSPS) is 13.3. The summed E-state index contributed by atoms with van der Waals surface area (Å²) in [5.41, 5.74) is 4.25. The first kappa shape index (κ1) is 21.0.